The van der Waals surface area contributed by atoms with Crippen molar-refractivity contribution >= 4 is 29.9 Å². The number of nitrogens with zero attached hydrogens (tertiary/aromatic N) is 1. The Bertz CT molecular complexity index is 309. The molecule has 6 heteroatoms. The molecule has 0 bridgehead atoms. The van der Waals surface area contributed by atoms with Gasteiger partial charge < -0.3 is 20.5 Å². The number of guanidine groups is 1. The van der Waals surface area contributed by atoms with Crippen LogP contribution in [0.2, 0.25) is 0 Å². The Morgan fingerprint density at radius 2 is 1.95 bits per heavy atom. The molecule has 1 aliphatic carbocycles. The Labute approximate surface area is 145 Å². The number of aliphatic hydroxyl groups excluding tert-OH is 1. The molecule has 124 valence electrons. The number of hydrogen-bond acceptors (Lipinski definition) is 3. The average Bonchev–Trinajstić information content (AvgIpc) is 2.88. The van der Waals surface area contributed by atoms with Gasteiger partial charge in [-0.15, -0.1) is 24.0 Å². The second-order valence-electron chi connectivity index (χ2n) is 5.91. The molecule has 2 aliphatic rings. The molecule has 1 aliphatic heterocycles. The molecule has 1 heterocycles. The smallest absolute Gasteiger partial charge is 0.191 e. The zero-order valence-electron chi connectivity index (χ0n) is 13.0. The molecule has 0 radical (unpaired) electrons. The third-order valence-electron chi connectivity index (χ3n) is 4.34. The maximum Gasteiger partial charge on any atom is 0.191 e. The van der Waals surface area contributed by atoms with Crippen LogP contribution in [0.15, 0.2) is 4.99 Å². The summed E-state index contributed by atoms with van der Waals surface area (Å²) in [5.41, 5.74) is 0. The van der Waals surface area contributed by atoms with Gasteiger partial charge in [-0.25, -0.2) is 0 Å². The number of aliphatic hydroxyl groups is 1. The molecule has 0 aromatic heterocycles. The van der Waals surface area contributed by atoms with E-state index in [1.54, 1.807) is 0 Å². The van der Waals surface area contributed by atoms with Gasteiger partial charge in [-0.3, -0.25) is 4.99 Å². The van der Waals surface area contributed by atoms with Crippen LogP contribution in [-0.4, -0.2) is 50.0 Å². The summed E-state index contributed by atoms with van der Waals surface area (Å²) in [6, 6.07) is 0. The van der Waals surface area contributed by atoms with Crippen molar-refractivity contribution in [1.82, 2.24) is 10.6 Å². The van der Waals surface area contributed by atoms with Crippen LogP contribution in [0.3, 0.4) is 0 Å². The van der Waals surface area contributed by atoms with Gasteiger partial charge in [0.15, 0.2) is 5.96 Å². The molecular formula is C15H30IN3O2. The Kier molecular flexibility index (Phi) is 9.59. The van der Waals surface area contributed by atoms with E-state index in [0.29, 0.717) is 11.8 Å². The van der Waals surface area contributed by atoms with Gasteiger partial charge in [0.05, 0.1) is 6.10 Å². The van der Waals surface area contributed by atoms with Crippen molar-refractivity contribution < 1.29 is 9.84 Å². The summed E-state index contributed by atoms with van der Waals surface area (Å²) in [7, 11) is 0. The summed E-state index contributed by atoms with van der Waals surface area (Å²) in [4.78, 5) is 4.68. The van der Waals surface area contributed by atoms with Crippen LogP contribution in [0.5, 0.6) is 0 Å². The monoisotopic (exact) mass is 411 g/mol. The maximum absolute atomic E-state index is 9.85. The van der Waals surface area contributed by atoms with E-state index in [2.05, 4.69) is 22.5 Å². The van der Waals surface area contributed by atoms with E-state index in [1.165, 1.54) is 0 Å². The lowest BCUT2D eigenvalue weighted by molar-refractivity contribution is 0.0689. The zero-order chi connectivity index (χ0) is 14.2. The number of aliphatic imine (C=N–C) groups is 1. The van der Waals surface area contributed by atoms with Crippen molar-refractivity contribution in [3.63, 3.8) is 0 Å². The van der Waals surface area contributed by atoms with E-state index in [1.807, 2.05) is 0 Å². The summed E-state index contributed by atoms with van der Waals surface area (Å²) in [6.07, 6.45) is 5.30. The minimum atomic E-state index is -0.138. The molecule has 0 amide bonds. The number of nitrogens with one attached hydrogen (secondary N) is 2. The second kappa shape index (κ2) is 10.6. The molecule has 3 N–H and O–H groups in total. The fraction of sp³-hybridized carbons (Fsp3) is 0.933. The standard InChI is InChI=1S/C15H29N3O2.HI/c1-2-16-15(17-10-12-6-8-20-9-7-12)18-11-13-4-3-5-14(13)19;/h12-14,19H,2-11H2,1H3,(H2,16,17,18);1H. The van der Waals surface area contributed by atoms with E-state index in [0.717, 1.165) is 70.9 Å². The van der Waals surface area contributed by atoms with Gasteiger partial charge in [0, 0.05) is 38.8 Å². The van der Waals surface area contributed by atoms with Crippen molar-refractivity contribution in [2.24, 2.45) is 16.8 Å². The van der Waals surface area contributed by atoms with E-state index in [9.17, 15) is 5.11 Å². The minimum absolute atomic E-state index is 0. The van der Waals surface area contributed by atoms with Crippen molar-refractivity contribution in [2.75, 3.05) is 32.8 Å². The van der Waals surface area contributed by atoms with Crippen LogP contribution in [0.25, 0.3) is 0 Å². The predicted octanol–water partition coefficient (Wildman–Crippen LogP) is 1.75. The van der Waals surface area contributed by atoms with E-state index in [-0.39, 0.29) is 30.1 Å². The highest BCUT2D eigenvalue weighted by Crippen LogP contribution is 2.24. The molecule has 2 fully saturated rings. The fourth-order valence-electron chi connectivity index (χ4n) is 2.97. The van der Waals surface area contributed by atoms with Gasteiger partial charge in [-0.05, 0) is 38.5 Å². The van der Waals surface area contributed by atoms with Crippen LogP contribution in [-0.2, 0) is 4.74 Å². The normalized spacial score (nSPS) is 27.2. The van der Waals surface area contributed by atoms with Gasteiger partial charge >= 0.3 is 0 Å². The van der Waals surface area contributed by atoms with Gasteiger partial charge in [-0.2, -0.15) is 0 Å². The lowest BCUT2D eigenvalue weighted by atomic mass is 10.0. The Morgan fingerprint density at radius 1 is 1.19 bits per heavy atom. The highest BCUT2D eigenvalue weighted by molar-refractivity contribution is 14.0. The van der Waals surface area contributed by atoms with E-state index in [4.69, 9.17) is 4.74 Å². The first-order chi connectivity index (χ1) is 9.79. The average molecular weight is 411 g/mol. The van der Waals surface area contributed by atoms with Crippen molar-refractivity contribution in [3.05, 3.63) is 0 Å². The van der Waals surface area contributed by atoms with Crippen molar-refractivity contribution in [1.29, 1.82) is 0 Å². The highest BCUT2D eigenvalue weighted by atomic mass is 127. The molecule has 2 atom stereocenters. The molecular weight excluding hydrogens is 381 g/mol. The fourth-order valence-corrected chi connectivity index (χ4v) is 2.97. The number of halogens is 1. The Morgan fingerprint density at radius 3 is 2.57 bits per heavy atom. The Hall–Kier alpha value is -0.0800. The van der Waals surface area contributed by atoms with Gasteiger partial charge in [0.2, 0.25) is 0 Å². The summed E-state index contributed by atoms with van der Waals surface area (Å²) in [5, 5.41) is 16.5. The molecule has 2 unspecified atom stereocenters. The molecule has 0 aromatic carbocycles. The largest absolute Gasteiger partial charge is 0.393 e. The molecule has 1 saturated carbocycles. The topological polar surface area (TPSA) is 65.9 Å². The third kappa shape index (κ3) is 6.69. The number of rotatable bonds is 5. The Balaban J connectivity index is 0.00000220. The van der Waals surface area contributed by atoms with Gasteiger partial charge in [-0.1, -0.05) is 6.42 Å². The predicted molar refractivity (Wildman–Crippen MR) is 96.3 cm³/mol. The van der Waals surface area contributed by atoms with E-state index >= 15 is 0 Å². The number of hydrogen-bond donors (Lipinski definition) is 3. The first-order valence-electron chi connectivity index (χ1n) is 8.07. The van der Waals surface area contributed by atoms with Crippen molar-refractivity contribution in [3.8, 4) is 0 Å². The van der Waals surface area contributed by atoms with Crippen molar-refractivity contribution in [2.45, 2.75) is 45.1 Å². The lowest BCUT2D eigenvalue weighted by Gasteiger charge is -2.21. The zero-order valence-corrected chi connectivity index (χ0v) is 15.3. The lowest BCUT2D eigenvalue weighted by Crippen LogP contribution is -2.41. The minimum Gasteiger partial charge on any atom is -0.393 e. The summed E-state index contributed by atoms with van der Waals surface area (Å²) >= 11 is 0. The molecule has 2 rings (SSSR count). The molecule has 1 saturated heterocycles. The molecule has 21 heavy (non-hydrogen) atoms. The van der Waals surface area contributed by atoms with Crippen LogP contribution >= 0.6 is 24.0 Å². The summed E-state index contributed by atoms with van der Waals surface area (Å²) in [5.74, 6) is 1.91. The number of ether oxygens (including phenoxy) is 1. The van der Waals surface area contributed by atoms with Crippen LogP contribution in [0, 0.1) is 11.8 Å². The third-order valence-corrected chi connectivity index (χ3v) is 4.34. The first kappa shape index (κ1) is 19.0. The second-order valence-corrected chi connectivity index (χ2v) is 5.91. The summed E-state index contributed by atoms with van der Waals surface area (Å²) < 4.78 is 5.37. The van der Waals surface area contributed by atoms with Gasteiger partial charge in [0.25, 0.3) is 0 Å². The highest BCUT2D eigenvalue weighted by Gasteiger charge is 2.25. The molecule has 0 aromatic rings. The molecule has 5 nitrogen and oxygen atoms in total. The SMILES string of the molecule is CCNC(=NCC1CCOCC1)NCC1CCCC1O.I. The van der Waals surface area contributed by atoms with Crippen LogP contribution in [0.4, 0.5) is 0 Å². The van der Waals surface area contributed by atoms with Crippen LogP contribution in [0.1, 0.15) is 39.0 Å². The van der Waals surface area contributed by atoms with E-state index < -0.39 is 0 Å². The van der Waals surface area contributed by atoms with Crippen LogP contribution < -0.4 is 10.6 Å². The quantitative estimate of drug-likeness (QED) is 0.367. The molecule has 0 spiro atoms. The first-order valence-corrected chi connectivity index (χ1v) is 8.07. The summed E-state index contributed by atoms with van der Waals surface area (Å²) in [6.45, 7) is 6.38. The maximum atomic E-state index is 9.85. The van der Waals surface area contributed by atoms with Gasteiger partial charge in [0.1, 0.15) is 0 Å².